The molecule has 2 N–H and O–H groups in total. The molecular weight excluding hydrogens is 482 g/mol. The van der Waals surface area contributed by atoms with Crippen LogP contribution >= 0.6 is 0 Å². The van der Waals surface area contributed by atoms with Gasteiger partial charge in [0.25, 0.3) is 5.91 Å². The smallest absolute Gasteiger partial charge is 0.272 e. The van der Waals surface area contributed by atoms with Crippen LogP contribution in [0.4, 0.5) is 5.82 Å². The first-order valence-corrected chi connectivity index (χ1v) is 14.0. The molecule has 5 rings (SSSR count). The first-order chi connectivity index (χ1) is 18.6. The Morgan fingerprint density at radius 3 is 2.71 bits per heavy atom. The SMILES string of the molecule is CO[C@H]1COCC[C@H]1NC1CCN(C(=O)c2ncnc(NC[C@H]3CCC[C@@H](c4ccccc4)O3)c2C)CC1. The summed E-state index contributed by atoms with van der Waals surface area (Å²) in [7, 11) is 1.74. The Labute approximate surface area is 225 Å². The minimum Gasteiger partial charge on any atom is -0.379 e. The summed E-state index contributed by atoms with van der Waals surface area (Å²) >= 11 is 0. The third kappa shape index (κ3) is 6.51. The van der Waals surface area contributed by atoms with Crippen molar-refractivity contribution in [2.75, 3.05) is 45.3 Å². The minimum atomic E-state index is -0.0229. The summed E-state index contributed by atoms with van der Waals surface area (Å²) in [5, 5.41) is 7.19. The van der Waals surface area contributed by atoms with E-state index in [0.717, 1.165) is 50.7 Å². The summed E-state index contributed by atoms with van der Waals surface area (Å²) in [4.78, 5) is 24.1. The van der Waals surface area contributed by atoms with Gasteiger partial charge in [-0.3, -0.25) is 4.79 Å². The van der Waals surface area contributed by atoms with Gasteiger partial charge in [0.05, 0.1) is 24.9 Å². The average Bonchev–Trinajstić information content (AvgIpc) is 2.97. The second kappa shape index (κ2) is 13.0. The maximum absolute atomic E-state index is 13.4. The molecule has 3 saturated heterocycles. The van der Waals surface area contributed by atoms with Gasteiger partial charge in [0.2, 0.25) is 0 Å². The number of aromatic nitrogens is 2. The molecule has 4 atom stereocenters. The largest absolute Gasteiger partial charge is 0.379 e. The number of rotatable bonds is 8. The van der Waals surface area contributed by atoms with Crippen LogP contribution in [0.3, 0.4) is 0 Å². The summed E-state index contributed by atoms with van der Waals surface area (Å²) in [6, 6.07) is 11.1. The Kier molecular flexibility index (Phi) is 9.22. The normalized spacial score (nSPS) is 26.7. The molecule has 3 aliphatic rings. The number of carbonyl (C=O) groups is 1. The Morgan fingerprint density at radius 2 is 1.92 bits per heavy atom. The molecule has 2 aromatic rings. The molecule has 9 nitrogen and oxygen atoms in total. The molecular formula is C29H41N5O4. The molecule has 0 spiro atoms. The first-order valence-electron chi connectivity index (χ1n) is 14.0. The Morgan fingerprint density at radius 1 is 1.11 bits per heavy atom. The number of likely N-dealkylation sites (tertiary alicyclic amines) is 1. The maximum Gasteiger partial charge on any atom is 0.272 e. The molecule has 38 heavy (non-hydrogen) atoms. The number of carbonyl (C=O) groups excluding carboxylic acids is 1. The Bertz CT molecular complexity index is 1050. The van der Waals surface area contributed by atoms with E-state index in [4.69, 9.17) is 14.2 Å². The number of piperidine rings is 1. The fourth-order valence-corrected chi connectivity index (χ4v) is 5.85. The van der Waals surface area contributed by atoms with Crippen LogP contribution in [0.2, 0.25) is 0 Å². The Balaban J connectivity index is 1.13. The van der Waals surface area contributed by atoms with E-state index in [0.29, 0.717) is 49.8 Å². The molecule has 0 radical (unpaired) electrons. The van der Waals surface area contributed by atoms with Crippen molar-refractivity contribution in [3.63, 3.8) is 0 Å². The summed E-state index contributed by atoms with van der Waals surface area (Å²) in [6.45, 7) is 5.39. The predicted octanol–water partition coefficient (Wildman–Crippen LogP) is 3.51. The van der Waals surface area contributed by atoms with Gasteiger partial charge in [-0.15, -0.1) is 0 Å². The third-order valence-corrected chi connectivity index (χ3v) is 8.14. The lowest BCUT2D eigenvalue weighted by Crippen LogP contribution is -2.54. The number of ether oxygens (including phenoxy) is 3. The lowest BCUT2D eigenvalue weighted by Gasteiger charge is -2.38. The Hall–Kier alpha value is -2.59. The zero-order chi connectivity index (χ0) is 26.3. The van der Waals surface area contributed by atoms with E-state index in [1.807, 2.05) is 17.9 Å². The van der Waals surface area contributed by atoms with Crippen molar-refractivity contribution in [3.8, 4) is 0 Å². The molecule has 9 heteroatoms. The molecule has 206 valence electrons. The van der Waals surface area contributed by atoms with Crippen LogP contribution in [-0.4, -0.2) is 85.0 Å². The van der Waals surface area contributed by atoms with Crippen LogP contribution in [0, 0.1) is 6.92 Å². The molecule has 0 saturated carbocycles. The molecule has 4 heterocycles. The van der Waals surface area contributed by atoms with E-state index in [2.05, 4.69) is 44.9 Å². The quantitative estimate of drug-likeness (QED) is 0.543. The summed E-state index contributed by atoms with van der Waals surface area (Å²) in [6.07, 6.45) is 7.76. The van der Waals surface area contributed by atoms with Crippen LogP contribution in [-0.2, 0) is 14.2 Å². The van der Waals surface area contributed by atoms with Crippen molar-refractivity contribution in [2.24, 2.45) is 0 Å². The van der Waals surface area contributed by atoms with Gasteiger partial charge in [0.15, 0.2) is 0 Å². The molecule has 3 aliphatic heterocycles. The standard InChI is InChI=1S/C29H41N5O4/c1-20-27(29(35)34-14-11-22(12-15-34)33-24-13-16-37-18-26(24)36-2)31-19-32-28(20)30-17-23-9-6-10-25(38-23)21-7-4-3-5-8-21/h3-5,7-8,19,22-26,33H,6,9-18H2,1-2H3,(H,30,31,32)/t23-,24-,25+,26+/m1/s1. The predicted molar refractivity (Wildman–Crippen MR) is 145 cm³/mol. The van der Waals surface area contributed by atoms with Gasteiger partial charge in [0.1, 0.15) is 17.8 Å². The fraction of sp³-hybridized carbons (Fsp3) is 0.621. The van der Waals surface area contributed by atoms with E-state index >= 15 is 0 Å². The molecule has 1 aromatic heterocycles. The highest BCUT2D eigenvalue weighted by molar-refractivity contribution is 5.94. The van der Waals surface area contributed by atoms with Crippen molar-refractivity contribution < 1.29 is 19.0 Å². The molecule has 0 unspecified atom stereocenters. The van der Waals surface area contributed by atoms with Crippen molar-refractivity contribution in [2.45, 2.75) is 75.8 Å². The van der Waals surface area contributed by atoms with Crippen LogP contribution < -0.4 is 10.6 Å². The van der Waals surface area contributed by atoms with Gasteiger partial charge >= 0.3 is 0 Å². The number of amides is 1. The minimum absolute atomic E-state index is 0.0229. The molecule has 0 bridgehead atoms. The van der Waals surface area contributed by atoms with Crippen molar-refractivity contribution in [1.29, 1.82) is 0 Å². The highest BCUT2D eigenvalue weighted by Crippen LogP contribution is 2.31. The fourth-order valence-electron chi connectivity index (χ4n) is 5.85. The number of nitrogens with one attached hydrogen (secondary N) is 2. The maximum atomic E-state index is 13.4. The number of nitrogens with zero attached hydrogens (tertiary/aromatic N) is 3. The highest BCUT2D eigenvalue weighted by Gasteiger charge is 2.31. The van der Waals surface area contributed by atoms with E-state index in [9.17, 15) is 4.79 Å². The monoisotopic (exact) mass is 523 g/mol. The van der Waals surface area contributed by atoms with Crippen LogP contribution in [0.15, 0.2) is 36.7 Å². The summed E-state index contributed by atoms with van der Waals surface area (Å²) in [5.74, 6) is 0.681. The first kappa shape index (κ1) is 27.0. The van der Waals surface area contributed by atoms with Crippen LogP contribution in [0.5, 0.6) is 0 Å². The number of hydrogen-bond acceptors (Lipinski definition) is 8. The molecule has 1 amide bonds. The number of hydrogen-bond donors (Lipinski definition) is 2. The lowest BCUT2D eigenvalue weighted by molar-refractivity contribution is -0.0533. The van der Waals surface area contributed by atoms with Gasteiger partial charge in [-0.25, -0.2) is 9.97 Å². The third-order valence-electron chi connectivity index (χ3n) is 8.14. The van der Waals surface area contributed by atoms with Gasteiger partial charge in [-0.1, -0.05) is 30.3 Å². The summed E-state index contributed by atoms with van der Waals surface area (Å²) < 4.78 is 17.5. The summed E-state index contributed by atoms with van der Waals surface area (Å²) in [5.41, 5.74) is 2.50. The second-order valence-corrected chi connectivity index (χ2v) is 10.6. The van der Waals surface area contributed by atoms with E-state index in [1.54, 1.807) is 7.11 Å². The molecule has 1 aromatic carbocycles. The number of methoxy groups -OCH3 is 1. The van der Waals surface area contributed by atoms with Gasteiger partial charge in [0, 0.05) is 51.0 Å². The highest BCUT2D eigenvalue weighted by atomic mass is 16.5. The van der Waals surface area contributed by atoms with Gasteiger partial charge in [-0.05, 0) is 51.0 Å². The lowest BCUT2D eigenvalue weighted by atomic mass is 9.98. The van der Waals surface area contributed by atoms with E-state index in [1.165, 1.54) is 11.9 Å². The van der Waals surface area contributed by atoms with E-state index in [-0.39, 0.29) is 24.2 Å². The van der Waals surface area contributed by atoms with Gasteiger partial charge < -0.3 is 29.7 Å². The molecule has 0 aliphatic carbocycles. The van der Waals surface area contributed by atoms with Crippen molar-refractivity contribution in [3.05, 3.63) is 53.5 Å². The zero-order valence-corrected chi connectivity index (χ0v) is 22.6. The average molecular weight is 524 g/mol. The zero-order valence-electron chi connectivity index (χ0n) is 22.6. The van der Waals surface area contributed by atoms with Gasteiger partial charge in [-0.2, -0.15) is 0 Å². The number of benzene rings is 1. The topological polar surface area (TPSA) is 97.8 Å². The molecule has 3 fully saturated rings. The number of anilines is 1. The van der Waals surface area contributed by atoms with E-state index < -0.39 is 0 Å². The van der Waals surface area contributed by atoms with Crippen molar-refractivity contribution in [1.82, 2.24) is 20.2 Å². The van der Waals surface area contributed by atoms with Crippen LogP contribution in [0.1, 0.15) is 66.2 Å². The van der Waals surface area contributed by atoms with Crippen molar-refractivity contribution >= 4 is 11.7 Å². The second-order valence-electron chi connectivity index (χ2n) is 10.6. The van der Waals surface area contributed by atoms with Crippen LogP contribution in [0.25, 0.3) is 0 Å².